The molecule has 9 heteroatoms. The third-order valence-electron chi connectivity index (χ3n) is 3.59. The lowest BCUT2D eigenvalue weighted by Crippen LogP contribution is -2.54. The minimum atomic E-state index is -2.38. The number of nitrogens with one attached hydrogen (secondary N) is 1. The Morgan fingerprint density at radius 2 is 2.32 bits per heavy atom. The van der Waals surface area contributed by atoms with Crippen molar-refractivity contribution in [3.8, 4) is 12.3 Å². The first-order valence-corrected chi connectivity index (χ1v) is 6.27. The molecule has 120 valence electrons. The molecule has 8 nitrogen and oxygen atoms in total. The predicted octanol–water partition coefficient (Wildman–Crippen LogP) is -1.85. The van der Waals surface area contributed by atoms with Gasteiger partial charge in [0.05, 0.1) is 6.61 Å². The predicted molar refractivity (Wildman–Crippen MR) is 71.8 cm³/mol. The molecule has 3 N–H and O–H groups in total. The van der Waals surface area contributed by atoms with Gasteiger partial charge in [0.2, 0.25) is 0 Å². The second-order valence-electron chi connectivity index (χ2n) is 4.99. The van der Waals surface area contributed by atoms with Gasteiger partial charge in [-0.05, 0) is 0 Å². The molecule has 2 rings (SSSR count). The van der Waals surface area contributed by atoms with E-state index >= 15 is 0 Å². The van der Waals surface area contributed by atoms with Gasteiger partial charge in [0.15, 0.2) is 17.4 Å². The Kier molecular flexibility index (Phi) is 4.21. The summed E-state index contributed by atoms with van der Waals surface area (Å²) < 4.78 is 24.4. The Hall–Kier alpha value is -1.99. The van der Waals surface area contributed by atoms with Crippen LogP contribution in [-0.2, 0) is 9.47 Å². The fraction of sp³-hybridized carbons (Fsp3) is 0.538. The molecule has 4 atom stereocenters. The van der Waals surface area contributed by atoms with E-state index in [1.54, 1.807) is 0 Å². The summed E-state index contributed by atoms with van der Waals surface area (Å²) in [5, 5.41) is 20.7. The van der Waals surface area contributed by atoms with E-state index in [4.69, 9.17) is 15.9 Å². The van der Waals surface area contributed by atoms with Crippen molar-refractivity contribution in [2.75, 3.05) is 20.4 Å². The second kappa shape index (κ2) is 5.66. The SMILES string of the molecule is C#CC1(O)C(n2ccc(=O)[nH]c2=O)OC(CF)(COC)C1O. The average Bonchev–Trinajstić information content (AvgIpc) is 2.71. The molecular formula is C13H15FN2O6. The van der Waals surface area contributed by atoms with Crippen molar-refractivity contribution < 1.29 is 24.1 Å². The van der Waals surface area contributed by atoms with Crippen LogP contribution in [0.2, 0.25) is 0 Å². The van der Waals surface area contributed by atoms with E-state index in [0.29, 0.717) is 0 Å². The molecule has 1 fully saturated rings. The number of nitrogens with zero attached hydrogens (tertiary/aromatic N) is 1. The summed E-state index contributed by atoms with van der Waals surface area (Å²) in [5.74, 6) is 1.93. The summed E-state index contributed by atoms with van der Waals surface area (Å²) in [7, 11) is 1.25. The van der Waals surface area contributed by atoms with Crippen LogP contribution in [0.15, 0.2) is 21.9 Å². The molecule has 1 aromatic rings. The number of methoxy groups -OCH3 is 1. The number of halogens is 1. The average molecular weight is 314 g/mol. The smallest absolute Gasteiger partial charge is 0.330 e. The van der Waals surface area contributed by atoms with E-state index in [9.17, 15) is 24.2 Å². The number of ether oxygens (including phenoxy) is 2. The fourth-order valence-corrected chi connectivity index (χ4v) is 2.44. The van der Waals surface area contributed by atoms with Crippen LogP contribution in [0.1, 0.15) is 6.23 Å². The van der Waals surface area contributed by atoms with Gasteiger partial charge in [-0.1, -0.05) is 5.92 Å². The standard InChI is InChI=1S/C13H15FN2O6/c1-3-13(20)9(18)12(6-14,7-21-2)22-10(13)16-5-4-8(17)15-11(16)19/h1,4-5,9-10,18,20H,6-7H2,2H3,(H,15,17,19). The number of hydrogen-bond acceptors (Lipinski definition) is 6. The van der Waals surface area contributed by atoms with Crippen molar-refractivity contribution in [3.05, 3.63) is 33.1 Å². The molecule has 1 aliphatic heterocycles. The van der Waals surface area contributed by atoms with E-state index < -0.39 is 48.1 Å². The number of aromatic amines is 1. The largest absolute Gasteiger partial charge is 0.386 e. The molecule has 0 bridgehead atoms. The molecule has 2 heterocycles. The summed E-state index contributed by atoms with van der Waals surface area (Å²) in [6, 6.07) is 1.000. The maximum atomic E-state index is 13.4. The molecule has 0 spiro atoms. The van der Waals surface area contributed by atoms with Gasteiger partial charge in [-0.3, -0.25) is 14.3 Å². The van der Waals surface area contributed by atoms with E-state index in [1.165, 1.54) is 7.11 Å². The number of aromatic nitrogens is 2. The highest BCUT2D eigenvalue weighted by Gasteiger charge is 2.64. The highest BCUT2D eigenvalue weighted by molar-refractivity contribution is 5.23. The molecule has 0 aromatic carbocycles. The Balaban J connectivity index is 2.58. The lowest BCUT2D eigenvalue weighted by atomic mass is 9.87. The lowest BCUT2D eigenvalue weighted by Gasteiger charge is -2.29. The summed E-state index contributed by atoms with van der Waals surface area (Å²) in [5.41, 5.74) is -5.91. The van der Waals surface area contributed by atoms with E-state index in [2.05, 4.69) is 0 Å². The summed E-state index contributed by atoms with van der Waals surface area (Å²) >= 11 is 0. The number of hydrogen-bond donors (Lipinski definition) is 3. The summed E-state index contributed by atoms with van der Waals surface area (Å²) in [6.07, 6.45) is 2.83. The van der Waals surface area contributed by atoms with Crippen molar-refractivity contribution in [3.63, 3.8) is 0 Å². The number of terminal acetylenes is 1. The zero-order valence-corrected chi connectivity index (χ0v) is 11.7. The molecule has 0 radical (unpaired) electrons. The van der Waals surface area contributed by atoms with Gasteiger partial charge >= 0.3 is 5.69 Å². The van der Waals surface area contributed by atoms with Gasteiger partial charge in [-0.15, -0.1) is 6.42 Å². The molecule has 4 unspecified atom stereocenters. The zero-order chi connectivity index (χ0) is 16.5. The normalized spacial score (nSPS) is 34.5. The third kappa shape index (κ3) is 2.26. The van der Waals surface area contributed by atoms with Crippen molar-refractivity contribution in [2.24, 2.45) is 0 Å². The monoisotopic (exact) mass is 314 g/mol. The Bertz CT molecular complexity index is 709. The van der Waals surface area contributed by atoms with Crippen LogP contribution in [0.3, 0.4) is 0 Å². The number of aliphatic hydroxyl groups excluding tert-OH is 1. The first-order chi connectivity index (χ1) is 10.3. The quantitative estimate of drug-likeness (QED) is 0.562. The van der Waals surface area contributed by atoms with Crippen LogP contribution in [0.25, 0.3) is 0 Å². The highest BCUT2D eigenvalue weighted by Crippen LogP contribution is 2.44. The van der Waals surface area contributed by atoms with Crippen molar-refractivity contribution in [2.45, 2.75) is 23.5 Å². The van der Waals surface area contributed by atoms with Gasteiger partial charge < -0.3 is 19.7 Å². The molecule has 0 amide bonds. The van der Waals surface area contributed by atoms with Gasteiger partial charge in [0.1, 0.15) is 12.8 Å². The topological polar surface area (TPSA) is 114 Å². The number of rotatable bonds is 4. The van der Waals surface area contributed by atoms with Crippen LogP contribution < -0.4 is 11.2 Å². The minimum Gasteiger partial charge on any atom is -0.386 e. The molecule has 1 saturated heterocycles. The third-order valence-corrected chi connectivity index (χ3v) is 3.59. The van der Waals surface area contributed by atoms with Crippen molar-refractivity contribution in [1.82, 2.24) is 9.55 Å². The van der Waals surface area contributed by atoms with E-state index in [-0.39, 0.29) is 0 Å². The van der Waals surface area contributed by atoms with E-state index in [1.807, 2.05) is 10.9 Å². The van der Waals surface area contributed by atoms with Gasteiger partial charge in [-0.2, -0.15) is 0 Å². The highest BCUT2D eigenvalue weighted by atomic mass is 19.1. The zero-order valence-electron chi connectivity index (χ0n) is 11.7. The molecule has 1 aliphatic rings. The Morgan fingerprint density at radius 3 is 2.82 bits per heavy atom. The molecule has 0 saturated carbocycles. The first-order valence-electron chi connectivity index (χ1n) is 6.27. The molecule has 0 aliphatic carbocycles. The van der Waals surface area contributed by atoms with Gasteiger partial charge in [-0.25, -0.2) is 9.18 Å². The summed E-state index contributed by atoms with van der Waals surface area (Å²) in [6.45, 7) is -1.61. The maximum absolute atomic E-state index is 13.4. The number of aliphatic hydroxyl groups is 2. The van der Waals surface area contributed by atoms with Crippen molar-refractivity contribution >= 4 is 0 Å². The lowest BCUT2D eigenvalue weighted by molar-refractivity contribution is -0.145. The Labute approximate surface area is 124 Å². The van der Waals surface area contributed by atoms with Crippen molar-refractivity contribution in [1.29, 1.82) is 0 Å². The number of alkyl halides is 1. The molecular weight excluding hydrogens is 299 g/mol. The minimum absolute atomic E-state index is 0.400. The van der Waals surface area contributed by atoms with Crippen LogP contribution in [0.5, 0.6) is 0 Å². The van der Waals surface area contributed by atoms with E-state index in [0.717, 1.165) is 16.8 Å². The van der Waals surface area contributed by atoms with Crippen LogP contribution in [0, 0.1) is 12.3 Å². The second-order valence-corrected chi connectivity index (χ2v) is 4.99. The fourth-order valence-electron chi connectivity index (χ4n) is 2.44. The van der Waals surface area contributed by atoms with Crippen LogP contribution in [-0.4, -0.2) is 57.5 Å². The first kappa shape index (κ1) is 16.4. The Morgan fingerprint density at radius 1 is 1.64 bits per heavy atom. The van der Waals surface area contributed by atoms with Gasteiger partial charge in [0.25, 0.3) is 5.56 Å². The summed E-state index contributed by atoms with van der Waals surface area (Å²) in [4.78, 5) is 24.9. The van der Waals surface area contributed by atoms with Gasteiger partial charge in [0, 0.05) is 19.4 Å². The number of H-pyrrole nitrogens is 1. The van der Waals surface area contributed by atoms with Crippen LogP contribution in [0.4, 0.5) is 4.39 Å². The van der Waals surface area contributed by atoms with Crippen LogP contribution >= 0.6 is 0 Å². The molecule has 22 heavy (non-hydrogen) atoms. The maximum Gasteiger partial charge on any atom is 0.330 e. The molecule has 1 aromatic heterocycles.